The number of hydrogen-bond donors (Lipinski definition) is 1. The first kappa shape index (κ1) is 13.2. The van der Waals surface area contributed by atoms with Gasteiger partial charge in [-0.3, -0.25) is 10.1 Å². The van der Waals surface area contributed by atoms with Crippen molar-refractivity contribution in [1.82, 2.24) is 0 Å². The minimum atomic E-state index is -0.316. The first-order valence-corrected chi connectivity index (χ1v) is 7.32. The molecule has 0 saturated carbocycles. The van der Waals surface area contributed by atoms with E-state index in [2.05, 4.69) is 5.32 Å². The molecule has 1 aromatic carbocycles. The van der Waals surface area contributed by atoms with Gasteiger partial charge >= 0.3 is 0 Å². The molecule has 98 valence electrons. The molecule has 0 bridgehead atoms. The minimum Gasteiger partial charge on any atom is -0.378 e. The molecule has 1 fully saturated rings. The van der Waals surface area contributed by atoms with E-state index < -0.39 is 0 Å². The monoisotopic (exact) mass is 266 g/mol. The Labute approximate surface area is 111 Å². The van der Waals surface area contributed by atoms with E-state index in [-0.39, 0.29) is 10.6 Å². The maximum Gasteiger partial charge on any atom is 0.292 e. The molecule has 0 amide bonds. The summed E-state index contributed by atoms with van der Waals surface area (Å²) >= 11 is 1.97. The highest BCUT2D eigenvalue weighted by Crippen LogP contribution is 2.28. The zero-order valence-corrected chi connectivity index (χ0v) is 11.3. The molecule has 0 aliphatic carbocycles. The Morgan fingerprint density at radius 3 is 3.00 bits per heavy atom. The molecule has 1 saturated heterocycles. The molecule has 1 heterocycles. The first-order chi connectivity index (χ1) is 8.66. The van der Waals surface area contributed by atoms with Crippen molar-refractivity contribution < 1.29 is 4.92 Å². The molecule has 1 aliphatic heterocycles. The van der Waals surface area contributed by atoms with E-state index in [0.29, 0.717) is 10.9 Å². The number of benzene rings is 1. The molecule has 5 heteroatoms. The molecule has 4 nitrogen and oxygen atoms in total. The van der Waals surface area contributed by atoms with Crippen LogP contribution in [0.5, 0.6) is 0 Å². The maximum absolute atomic E-state index is 11.0. The summed E-state index contributed by atoms with van der Waals surface area (Å²) in [4.78, 5) is 10.7. The zero-order chi connectivity index (χ0) is 13.0. The van der Waals surface area contributed by atoms with Gasteiger partial charge in [-0.15, -0.1) is 0 Å². The van der Waals surface area contributed by atoms with Crippen LogP contribution in [0, 0.1) is 17.0 Å². The third-order valence-corrected chi connectivity index (χ3v) is 4.54. The van der Waals surface area contributed by atoms with Crippen molar-refractivity contribution in [3.63, 3.8) is 0 Å². The second-order valence-electron chi connectivity index (χ2n) is 4.65. The van der Waals surface area contributed by atoms with E-state index in [1.54, 1.807) is 12.1 Å². The van der Waals surface area contributed by atoms with Crippen LogP contribution < -0.4 is 5.32 Å². The van der Waals surface area contributed by atoms with Gasteiger partial charge in [0.1, 0.15) is 5.69 Å². The Kier molecular flexibility index (Phi) is 4.47. The molecule has 1 unspecified atom stereocenters. The van der Waals surface area contributed by atoms with E-state index in [1.807, 2.05) is 24.8 Å². The quantitative estimate of drug-likeness (QED) is 0.668. The number of nitrogens with zero attached hydrogens (tertiary/aromatic N) is 1. The van der Waals surface area contributed by atoms with Crippen molar-refractivity contribution in [2.75, 3.05) is 17.6 Å². The highest BCUT2D eigenvalue weighted by atomic mass is 32.2. The standard InChI is InChI=1S/C13H18N2O2S/c1-10-5-6-12(13(8-10)15(16)17)14-9-11-4-2-3-7-18-11/h5-6,8,11,14H,2-4,7,9H2,1H3. The molecule has 1 aromatic rings. The summed E-state index contributed by atoms with van der Waals surface area (Å²) in [6, 6.07) is 5.33. The molecule has 1 atom stereocenters. The van der Waals surface area contributed by atoms with Crippen molar-refractivity contribution in [1.29, 1.82) is 0 Å². The number of nitrogens with one attached hydrogen (secondary N) is 1. The molecule has 0 radical (unpaired) electrons. The summed E-state index contributed by atoms with van der Waals surface area (Å²) < 4.78 is 0. The summed E-state index contributed by atoms with van der Waals surface area (Å²) in [5.74, 6) is 1.21. The minimum absolute atomic E-state index is 0.177. The number of nitro groups is 1. The Morgan fingerprint density at radius 1 is 1.50 bits per heavy atom. The van der Waals surface area contributed by atoms with E-state index in [9.17, 15) is 10.1 Å². The van der Waals surface area contributed by atoms with Crippen LogP contribution in [0.15, 0.2) is 18.2 Å². The van der Waals surface area contributed by atoms with E-state index in [0.717, 1.165) is 12.1 Å². The van der Waals surface area contributed by atoms with Gasteiger partial charge in [0.2, 0.25) is 0 Å². The van der Waals surface area contributed by atoms with Gasteiger partial charge in [-0.25, -0.2) is 0 Å². The maximum atomic E-state index is 11.0. The molecule has 18 heavy (non-hydrogen) atoms. The Morgan fingerprint density at radius 2 is 2.33 bits per heavy atom. The number of hydrogen-bond acceptors (Lipinski definition) is 4. The van der Waals surface area contributed by atoms with Crippen LogP contribution in [0.3, 0.4) is 0 Å². The van der Waals surface area contributed by atoms with E-state index in [1.165, 1.54) is 25.0 Å². The predicted molar refractivity (Wildman–Crippen MR) is 76.4 cm³/mol. The average Bonchev–Trinajstić information content (AvgIpc) is 2.38. The predicted octanol–water partition coefficient (Wildman–Crippen LogP) is 3.60. The Hall–Kier alpha value is -1.23. The van der Waals surface area contributed by atoms with Crippen LogP contribution in [0.1, 0.15) is 24.8 Å². The third kappa shape index (κ3) is 3.38. The molecule has 2 rings (SSSR count). The fourth-order valence-corrected chi connectivity index (χ4v) is 3.37. The van der Waals surface area contributed by atoms with E-state index >= 15 is 0 Å². The summed E-state index contributed by atoms with van der Waals surface area (Å²) in [6.07, 6.45) is 3.78. The number of nitro benzene ring substituents is 1. The highest BCUT2D eigenvalue weighted by molar-refractivity contribution is 7.99. The summed E-state index contributed by atoms with van der Waals surface area (Å²) in [7, 11) is 0. The fraction of sp³-hybridized carbons (Fsp3) is 0.538. The molecule has 0 aromatic heterocycles. The lowest BCUT2D eigenvalue weighted by atomic mass is 10.1. The van der Waals surface area contributed by atoms with Crippen molar-refractivity contribution in [2.24, 2.45) is 0 Å². The topological polar surface area (TPSA) is 55.2 Å². The molecular weight excluding hydrogens is 248 g/mol. The fourth-order valence-electron chi connectivity index (χ4n) is 2.13. The van der Waals surface area contributed by atoms with Gasteiger partial charge in [0.15, 0.2) is 0 Å². The molecule has 1 aliphatic rings. The highest BCUT2D eigenvalue weighted by Gasteiger charge is 2.17. The Bertz CT molecular complexity index is 431. The molecule has 0 spiro atoms. The van der Waals surface area contributed by atoms with Crippen LogP contribution >= 0.6 is 11.8 Å². The summed E-state index contributed by atoms with van der Waals surface area (Å²) in [5, 5.41) is 14.8. The lowest BCUT2D eigenvalue weighted by Crippen LogP contribution is -2.20. The smallest absolute Gasteiger partial charge is 0.292 e. The Balaban J connectivity index is 2.01. The molecule has 1 N–H and O–H groups in total. The van der Waals surface area contributed by atoms with Gasteiger partial charge < -0.3 is 5.32 Å². The number of anilines is 1. The van der Waals surface area contributed by atoms with Crippen LogP contribution in [-0.2, 0) is 0 Å². The third-order valence-electron chi connectivity index (χ3n) is 3.14. The van der Waals surface area contributed by atoms with Gasteiger partial charge in [0, 0.05) is 17.9 Å². The van der Waals surface area contributed by atoms with Crippen LogP contribution in [0.2, 0.25) is 0 Å². The van der Waals surface area contributed by atoms with Gasteiger partial charge in [-0.05, 0) is 37.1 Å². The van der Waals surface area contributed by atoms with Crippen molar-refractivity contribution in [2.45, 2.75) is 31.4 Å². The summed E-state index contributed by atoms with van der Waals surface area (Å²) in [6.45, 7) is 2.68. The van der Waals surface area contributed by atoms with Crippen molar-refractivity contribution in [3.8, 4) is 0 Å². The second-order valence-corrected chi connectivity index (χ2v) is 6.06. The van der Waals surface area contributed by atoms with Gasteiger partial charge in [0.25, 0.3) is 5.69 Å². The number of thioether (sulfide) groups is 1. The first-order valence-electron chi connectivity index (χ1n) is 6.27. The van der Waals surface area contributed by atoms with Gasteiger partial charge in [-0.2, -0.15) is 11.8 Å². The van der Waals surface area contributed by atoms with Crippen LogP contribution in [0.25, 0.3) is 0 Å². The van der Waals surface area contributed by atoms with E-state index in [4.69, 9.17) is 0 Å². The second kappa shape index (κ2) is 6.09. The normalized spacial score (nSPS) is 19.5. The largest absolute Gasteiger partial charge is 0.378 e. The van der Waals surface area contributed by atoms with Crippen LogP contribution in [0.4, 0.5) is 11.4 Å². The van der Waals surface area contributed by atoms with Gasteiger partial charge in [-0.1, -0.05) is 12.5 Å². The lowest BCUT2D eigenvalue weighted by molar-refractivity contribution is -0.384. The van der Waals surface area contributed by atoms with Crippen LogP contribution in [-0.4, -0.2) is 22.5 Å². The zero-order valence-electron chi connectivity index (χ0n) is 10.5. The SMILES string of the molecule is Cc1ccc(NCC2CCCCS2)c([N+](=O)[O-])c1. The number of aryl methyl sites for hydroxylation is 1. The van der Waals surface area contributed by atoms with Crippen molar-refractivity contribution >= 4 is 23.1 Å². The molecular formula is C13H18N2O2S. The number of rotatable bonds is 4. The van der Waals surface area contributed by atoms with Gasteiger partial charge in [0.05, 0.1) is 4.92 Å². The average molecular weight is 266 g/mol. The lowest BCUT2D eigenvalue weighted by Gasteiger charge is -2.21. The summed E-state index contributed by atoms with van der Waals surface area (Å²) in [5.41, 5.74) is 1.73. The van der Waals surface area contributed by atoms with Crippen molar-refractivity contribution in [3.05, 3.63) is 33.9 Å².